The number of hydrogen-bond donors (Lipinski definition) is 2. The Labute approximate surface area is 93.0 Å². The standard InChI is InChI=1S/C12H25NO2/c1-10(2)6-4-3-5-7-11(8-9-13)12(14)15/h10-11H,3-9,13H2,1-2H3,(H,14,15). The van der Waals surface area contributed by atoms with Crippen LogP contribution in [0.4, 0.5) is 0 Å². The summed E-state index contributed by atoms with van der Waals surface area (Å²) in [6.07, 6.45) is 6.02. The molecule has 0 aromatic carbocycles. The summed E-state index contributed by atoms with van der Waals surface area (Å²) < 4.78 is 0. The van der Waals surface area contributed by atoms with E-state index >= 15 is 0 Å². The van der Waals surface area contributed by atoms with E-state index in [0.29, 0.717) is 13.0 Å². The van der Waals surface area contributed by atoms with Gasteiger partial charge in [-0.2, -0.15) is 0 Å². The summed E-state index contributed by atoms with van der Waals surface area (Å²) in [5.41, 5.74) is 5.37. The zero-order valence-electron chi connectivity index (χ0n) is 10.0. The molecule has 0 fully saturated rings. The predicted octanol–water partition coefficient (Wildman–Crippen LogP) is 2.64. The molecule has 0 spiro atoms. The Balaban J connectivity index is 3.49. The van der Waals surface area contributed by atoms with Crippen molar-refractivity contribution in [3.8, 4) is 0 Å². The van der Waals surface area contributed by atoms with Gasteiger partial charge in [0.1, 0.15) is 0 Å². The summed E-state index contributed by atoms with van der Waals surface area (Å²) in [5.74, 6) is -0.164. The first-order chi connectivity index (χ1) is 7.07. The summed E-state index contributed by atoms with van der Waals surface area (Å²) in [7, 11) is 0. The van der Waals surface area contributed by atoms with Crippen molar-refractivity contribution < 1.29 is 9.90 Å². The Hall–Kier alpha value is -0.570. The molecule has 1 atom stereocenters. The third-order valence-corrected chi connectivity index (χ3v) is 2.70. The van der Waals surface area contributed by atoms with Crippen molar-refractivity contribution in [2.75, 3.05) is 6.54 Å². The maximum atomic E-state index is 10.8. The normalized spacial score (nSPS) is 13.1. The number of unbranched alkanes of at least 4 members (excludes halogenated alkanes) is 2. The highest BCUT2D eigenvalue weighted by molar-refractivity contribution is 5.69. The molecule has 0 aliphatic heterocycles. The van der Waals surface area contributed by atoms with E-state index in [1.807, 2.05) is 0 Å². The van der Waals surface area contributed by atoms with E-state index in [4.69, 9.17) is 10.8 Å². The van der Waals surface area contributed by atoms with Gasteiger partial charge in [-0.25, -0.2) is 0 Å². The van der Waals surface area contributed by atoms with Gasteiger partial charge in [-0.3, -0.25) is 4.79 Å². The molecule has 0 radical (unpaired) electrons. The smallest absolute Gasteiger partial charge is 0.306 e. The Kier molecular flexibility index (Phi) is 8.38. The summed E-state index contributed by atoms with van der Waals surface area (Å²) >= 11 is 0. The SMILES string of the molecule is CC(C)CCCCCC(CCN)C(=O)O. The lowest BCUT2D eigenvalue weighted by molar-refractivity contribution is -0.142. The zero-order chi connectivity index (χ0) is 11.7. The van der Waals surface area contributed by atoms with Gasteiger partial charge < -0.3 is 10.8 Å². The van der Waals surface area contributed by atoms with Gasteiger partial charge in [0, 0.05) is 0 Å². The average Bonchev–Trinajstić information content (AvgIpc) is 2.15. The minimum atomic E-state index is -0.690. The molecule has 3 nitrogen and oxygen atoms in total. The summed E-state index contributed by atoms with van der Waals surface area (Å²) in [4.78, 5) is 10.8. The molecule has 0 saturated heterocycles. The Morgan fingerprint density at radius 2 is 1.73 bits per heavy atom. The zero-order valence-corrected chi connectivity index (χ0v) is 10.0. The highest BCUT2D eigenvalue weighted by atomic mass is 16.4. The van der Waals surface area contributed by atoms with Crippen LogP contribution in [0.15, 0.2) is 0 Å². The van der Waals surface area contributed by atoms with E-state index < -0.39 is 5.97 Å². The number of carbonyl (C=O) groups is 1. The third kappa shape index (κ3) is 8.43. The topological polar surface area (TPSA) is 63.3 Å². The number of hydrogen-bond acceptors (Lipinski definition) is 2. The van der Waals surface area contributed by atoms with Gasteiger partial charge >= 0.3 is 5.97 Å². The second-order valence-corrected chi connectivity index (χ2v) is 4.64. The fourth-order valence-corrected chi connectivity index (χ4v) is 1.71. The van der Waals surface area contributed by atoms with Gasteiger partial charge in [-0.05, 0) is 25.3 Å². The number of rotatable bonds is 9. The molecular formula is C12H25NO2. The molecule has 3 N–H and O–H groups in total. The molecule has 3 heteroatoms. The molecule has 0 rings (SSSR count). The number of carboxylic acid groups (broad SMARTS) is 1. The molecule has 0 aromatic heterocycles. The number of carboxylic acids is 1. The maximum Gasteiger partial charge on any atom is 0.306 e. The molecule has 1 unspecified atom stereocenters. The Morgan fingerprint density at radius 1 is 1.13 bits per heavy atom. The van der Waals surface area contributed by atoms with Gasteiger partial charge in [-0.1, -0.05) is 39.5 Å². The largest absolute Gasteiger partial charge is 0.481 e. The highest BCUT2D eigenvalue weighted by Crippen LogP contribution is 2.15. The third-order valence-electron chi connectivity index (χ3n) is 2.70. The molecule has 0 aromatic rings. The number of nitrogens with two attached hydrogens (primary N) is 1. The molecule has 0 aliphatic carbocycles. The van der Waals surface area contributed by atoms with Crippen LogP contribution < -0.4 is 5.73 Å². The van der Waals surface area contributed by atoms with Crippen LogP contribution in [0.1, 0.15) is 52.4 Å². The molecular weight excluding hydrogens is 190 g/mol. The van der Waals surface area contributed by atoms with Crippen LogP contribution in [0, 0.1) is 11.8 Å². The van der Waals surface area contributed by atoms with E-state index in [-0.39, 0.29) is 5.92 Å². The fraction of sp³-hybridized carbons (Fsp3) is 0.917. The van der Waals surface area contributed by atoms with Crippen LogP contribution in [-0.4, -0.2) is 17.6 Å². The van der Waals surface area contributed by atoms with Gasteiger partial charge in [0.25, 0.3) is 0 Å². The summed E-state index contributed by atoms with van der Waals surface area (Å²) in [6.45, 7) is 4.91. The molecule has 15 heavy (non-hydrogen) atoms. The second kappa shape index (κ2) is 8.72. The van der Waals surface area contributed by atoms with Crippen molar-refractivity contribution in [3.63, 3.8) is 0 Å². The lowest BCUT2D eigenvalue weighted by Crippen LogP contribution is -2.17. The molecule has 0 amide bonds. The van der Waals surface area contributed by atoms with Gasteiger partial charge in [-0.15, -0.1) is 0 Å². The van der Waals surface area contributed by atoms with Crippen molar-refractivity contribution in [2.24, 2.45) is 17.6 Å². The van der Waals surface area contributed by atoms with Crippen LogP contribution in [0.3, 0.4) is 0 Å². The first-order valence-corrected chi connectivity index (χ1v) is 6.00. The molecule has 0 saturated carbocycles. The van der Waals surface area contributed by atoms with Gasteiger partial charge in [0.2, 0.25) is 0 Å². The first-order valence-electron chi connectivity index (χ1n) is 6.00. The quantitative estimate of drug-likeness (QED) is 0.581. The van der Waals surface area contributed by atoms with Crippen LogP contribution >= 0.6 is 0 Å². The second-order valence-electron chi connectivity index (χ2n) is 4.64. The van der Waals surface area contributed by atoms with Gasteiger partial charge in [0.15, 0.2) is 0 Å². The summed E-state index contributed by atoms with van der Waals surface area (Å²) in [5, 5.41) is 8.89. The van der Waals surface area contributed by atoms with Crippen molar-refractivity contribution in [3.05, 3.63) is 0 Å². The van der Waals surface area contributed by atoms with Crippen LogP contribution in [-0.2, 0) is 4.79 Å². The van der Waals surface area contributed by atoms with E-state index in [1.54, 1.807) is 0 Å². The number of aliphatic carboxylic acids is 1. The summed E-state index contributed by atoms with van der Waals surface area (Å²) in [6, 6.07) is 0. The fourth-order valence-electron chi connectivity index (χ4n) is 1.71. The van der Waals surface area contributed by atoms with Crippen LogP contribution in [0.5, 0.6) is 0 Å². The first kappa shape index (κ1) is 14.4. The van der Waals surface area contributed by atoms with Crippen molar-refractivity contribution in [1.82, 2.24) is 0 Å². The van der Waals surface area contributed by atoms with Crippen molar-refractivity contribution in [1.29, 1.82) is 0 Å². The Bertz CT molecular complexity index is 169. The monoisotopic (exact) mass is 215 g/mol. The lowest BCUT2D eigenvalue weighted by atomic mass is 9.96. The molecule has 90 valence electrons. The van der Waals surface area contributed by atoms with E-state index in [2.05, 4.69) is 13.8 Å². The van der Waals surface area contributed by atoms with E-state index in [1.165, 1.54) is 12.8 Å². The lowest BCUT2D eigenvalue weighted by Gasteiger charge is -2.10. The Morgan fingerprint density at radius 3 is 2.20 bits per heavy atom. The molecule has 0 aliphatic rings. The minimum Gasteiger partial charge on any atom is -0.481 e. The highest BCUT2D eigenvalue weighted by Gasteiger charge is 2.15. The van der Waals surface area contributed by atoms with Gasteiger partial charge in [0.05, 0.1) is 5.92 Å². The van der Waals surface area contributed by atoms with Crippen molar-refractivity contribution in [2.45, 2.75) is 52.4 Å². The molecule has 0 heterocycles. The van der Waals surface area contributed by atoms with E-state index in [9.17, 15) is 4.79 Å². The van der Waals surface area contributed by atoms with Crippen molar-refractivity contribution >= 4 is 5.97 Å². The minimum absolute atomic E-state index is 0.228. The van der Waals surface area contributed by atoms with E-state index in [0.717, 1.165) is 25.2 Å². The maximum absolute atomic E-state index is 10.8. The average molecular weight is 215 g/mol. The molecule has 0 bridgehead atoms. The van der Waals surface area contributed by atoms with Crippen LogP contribution in [0.2, 0.25) is 0 Å². The van der Waals surface area contributed by atoms with Crippen LogP contribution in [0.25, 0.3) is 0 Å². The predicted molar refractivity (Wildman–Crippen MR) is 62.7 cm³/mol.